The molecule has 1 unspecified atom stereocenters. The summed E-state index contributed by atoms with van der Waals surface area (Å²) in [6.45, 7) is 6.28. The van der Waals surface area contributed by atoms with Gasteiger partial charge in [-0.2, -0.15) is 0 Å². The molecule has 2 heterocycles. The zero-order valence-electron chi connectivity index (χ0n) is 15.0. The van der Waals surface area contributed by atoms with Crippen molar-refractivity contribution in [3.63, 3.8) is 0 Å². The van der Waals surface area contributed by atoms with Gasteiger partial charge in [0.25, 0.3) is 0 Å². The average Bonchev–Trinajstić information content (AvgIpc) is 2.63. The minimum Gasteiger partial charge on any atom is -0.356 e. The van der Waals surface area contributed by atoms with Crippen molar-refractivity contribution in [2.45, 2.75) is 31.7 Å². The van der Waals surface area contributed by atoms with Crippen LogP contribution in [0.15, 0.2) is 35.6 Å². The number of amides is 1. The van der Waals surface area contributed by atoms with Crippen LogP contribution in [0.1, 0.15) is 25.3 Å². The van der Waals surface area contributed by atoms with Crippen molar-refractivity contribution < 1.29 is 4.79 Å². The molecule has 0 radical (unpaired) electrons. The molecular formula is C19H23ClN4OS. The first-order valence-corrected chi connectivity index (χ1v) is 10.1. The highest BCUT2D eigenvalue weighted by Crippen LogP contribution is 2.25. The Hall–Kier alpha value is -1.79. The fourth-order valence-electron chi connectivity index (χ4n) is 3.03. The largest absolute Gasteiger partial charge is 0.356 e. The molecule has 0 spiro atoms. The normalized spacial score (nSPS) is 17.2. The first kappa shape index (κ1) is 19.0. The Morgan fingerprint density at radius 1 is 1.38 bits per heavy atom. The number of aromatic nitrogens is 2. The zero-order valence-corrected chi connectivity index (χ0v) is 16.6. The maximum atomic E-state index is 12.2. The van der Waals surface area contributed by atoms with E-state index < -0.39 is 0 Å². The lowest BCUT2D eigenvalue weighted by atomic mass is 10.0. The number of carbonyl (C=O) groups excluding carboxylic acids is 1. The van der Waals surface area contributed by atoms with Gasteiger partial charge in [-0.05, 0) is 43.4 Å². The molecule has 26 heavy (non-hydrogen) atoms. The van der Waals surface area contributed by atoms with Crippen molar-refractivity contribution in [3.05, 3.63) is 41.2 Å². The van der Waals surface area contributed by atoms with E-state index >= 15 is 0 Å². The highest BCUT2D eigenvalue weighted by molar-refractivity contribution is 7.99. The minimum atomic E-state index is -0.104. The van der Waals surface area contributed by atoms with E-state index in [0.29, 0.717) is 16.6 Å². The maximum absolute atomic E-state index is 12.2. The molecule has 1 fully saturated rings. The second-order valence-corrected chi connectivity index (χ2v) is 8.13. The summed E-state index contributed by atoms with van der Waals surface area (Å²) in [5.74, 6) is 1.79. The number of rotatable bonds is 5. The van der Waals surface area contributed by atoms with Crippen LogP contribution in [0.25, 0.3) is 0 Å². The number of thioether (sulfide) groups is 1. The Morgan fingerprint density at radius 3 is 3.00 bits per heavy atom. The first-order valence-electron chi connectivity index (χ1n) is 8.77. The summed E-state index contributed by atoms with van der Waals surface area (Å²) in [5.41, 5.74) is 1.69. The Bertz CT molecular complexity index is 786. The number of nitrogens with zero attached hydrogens (tertiary/aromatic N) is 3. The van der Waals surface area contributed by atoms with Crippen molar-refractivity contribution >= 4 is 40.8 Å². The van der Waals surface area contributed by atoms with E-state index in [1.807, 2.05) is 31.2 Å². The molecule has 3 rings (SSSR count). The Morgan fingerprint density at radius 2 is 2.23 bits per heavy atom. The van der Waals surface area contributed by atoms with E-state index in [-0.39, 0.29) is 11.7 Å². The fraction of sp³-hybridized carbons (Fsp3) is 0.421. The molecule has 1 aliphatic heterocycles. The van der Waals surface area contributed by atoms with Crippen LogP contribution in [-0.2, 0) is 4.79 Å². The number of benzene rings is 1. The second-order valence-electron chi connectivity index (χ2n) is 6.73. The van der Waals surface area contributed by atoms with Gasteiger partial charge < -0.3 is 10.2 Å². The van der Waals surface area contributed by atoms with E-state index in [4.69, 9.17) is 11.6 Å². The topological polar surface area (TPSA) is 58.1 Å². The number of carbonyl (C=O) groups is 1. The molecule has 1 aromatic heterocycles. The third-order valence-electron chi connectivity index (χ3n) is 4.36. The van der Waals surface area contributed by atoms with Crippen LogP contribution in [0.4, 0.5) is 11.5 Å². The van der Waals surface area contributed by atoms with E-state index in [0.717, 1.165) is 29.5 Å². The SMILES string of the molecule is Cc1ccc(NC(=O)CSc2cc(N3CCCC(C)C3)ncn2)c(Cl)c1. The van der Waals surface area contributed by atoms with Gasteiger partial charge in [0.1, 0.15) is 17.2 Å². The number of nitrogens with one attached hydrogen (secondary N) is 1. The van der Waals surface area contributed by atoms with Crippen LogP contribution in [0, 0.1) is 12.8 Å². The molecule has 0 aliphatic carbocycles. The quantitative estimate of drug-likeness (QED) is 0.605. The summed E-state index contributed by atoms with van der Waals surface area (Å²) in [7, 11) is 0. The van der Waals surface area contributed by atoms with Crippen LogP contribution in [0.3, 0.4) is 0 Å². The Kier molecular flexibility index (Phi) is 6.38. The third kappa shape index (κ3) is 5.11. The molecule has 1 N–H and O–H groups in total. The lowest BCUT2D eigenvalue weighted by molar-refractivity contribution is -0.113. The molecular weight excluding hydrogens is 368 g/mol. The van der Waals surface area contributed by atoms with Crippen molar-refractivity contribution in [2.24, 2.45) is 5.92 Å². The van der Waals surface area contributed by atoms with Crippen molar-refractivity contribution in [3.8, 4) is 0 Å². The van der Waals surface area contributed by atoms with E-state index in [1.165, 1.54) is 24.6 Å². The standard InChI is InChI=1S/C19H23ClN4OS/c1-13-5-6-16(15(20)8-13)23-18(25)11-26-19-9-17(21-12-22-19)24-7-3-4-14(2)10-24/h5-6,8-9,12,14H,3-4,7,10-11H2,1-2H3,(H,23,25). The molecule has 138 valence electrons. The zero-order chi connectivity index (χ0) is 18.5. The van der Waals surface area contributed by atoms with E-state index in [2.05, 4.69) is 27.1 Å². The Balaban J connectivity index is 1.57. The van der Waals surface area contributed by atoms with Gasteiger partial charge in [-0.15, -0.1) is 0 Å². The van der Waals surface area contributed by atoms with Gasteiger partial charge in [-0.1, -0.05) is 36.4 Å². The van der Waals surface area contributed by atoms with Gasteiger partial charge in [0, 0.05) is 19.2 Å². The van der Waals surface area contributed by atoms with Crippen LogP contribution in [-0.4, -0.2) is 34.7 Å². The summed E-state index contributed by atoms with van der Waals surface area (Å²) in [6, 6.07) is 7.54. The number of hydrogen-bond acceptors (Lipinski definition) is 5. The lowest BCUT2D eigenvalue weighted by Gasteiger charge is -2.31. The minimum absolute atomic E-state index is 0.104. The number of anilines is 2. The van der Waals surface area contributed by atoms with E-state index in [9.17, 15) is 4.79 Å². The fourth-order valence-corrected chi connectivity index (χ4v) is 3.97. The molecule has 7 heteroatoms. The van der Waals surface area contributed by atoms with E-state index in [1.54, 1.807) is 6.33 Å². The van der Waals surface area contributed by atoms with Gasteiger partial charge >= 0.3 is 0 Å². The van der Waals surface area contributed by atoms with Crippen LogP contribution in [0.5, 0.6) is 0 Å². The predicted octanol–water partition coefficient (Wildman–Crippen LogP) is 4.41. The van der Waals surface area contributed by atoms with Gasteiger partial charge in [0.05, 0.1) is 16.5 Å². The molecule has 5 nitrogen and oxygen atoms in total. The van der Waals surface area contributed by atoms with Gasteiger partial charge in [-0.3, -0.25) is 4.79 Å². The van der Waals surface area contributed by atoms with Crippen molar-refractivity contribution in [2.75, 3.05) is 29.1 Å². The summed E-state index contributed by atoms with van der Waals surface area (Å²) < 4.78 is 0. The lowest BCUT2D eigenvalue weighted by Crippen LogP contribution is -2.34. The van der Waals surface area contributed by atoms with Crippen LogP contribution < -0.4 is 10.2 Å². The highest BCUT2D eigenvalue weighted by atomic mass is 35.5. The smallest absolute Gasteiger partial charge is 0.234 e. The summed E-state index contributed by atoms with van der Waals surface area (Å²) in [6.07, 6.45) is 4.03. The molecule has 1 atom stereocenters. The molecule has 1 saturated heterocycles. The number of hydrogen-bond donors (Lipinski definition) is 1. The Labute approximate surface area is 163 Å². The molecule has 1 aromatic carbocycles. The maximum Gasteiger partial charge on any atom is 0.234 e. The van der Waals surface area contributed by atoms with Gasteiger partial charge in [0.2, 0.25) is 5.91 Å². The molecule has 1 amide bonds. The third-order valence-corrected chi connectivity index (χ3v) is 5.60. The van der Waals surface area contributed by atoms with Gasteiger partial charge in [0.15, 0.2) is 0 Å². The van der Waals surface area contributed by atoms with Crippen molar-refractivity contribution in [1.29, 1.82) is 0 Å². The molecule has 0 saturated carbocycles. The van der Waals surface area contributed by atoms with Gasteiger partial charge in [-0.25, -0.2) is 9.97 Å². The summed E-state index contributed by atoms with van der Waals surface area (Å²) in [5, 5.41) is 4.20. The predicted molar refractivity (Wildman–Crippen MR) is 108 cm³/mol. The van der Waals surface area contributed by atoms with Crippen molar-refractivity contribution in [1.82, 2.24) is 9.97 Å². The first-order chi connectivity index (χ1) is 12.5. The molecule has 0 bridgehead atoms. The molecule has 2 aromatic rings. The average molecular weight is 391 g/mol. The second kappa shape index (κ2) is 8.73. The number of piperidine rings is 1. The summed E-state index contributed by atoms with van der Waals surface area (Å²) in [4.78, 5) is 23.2. The highest BCUT2D eigenvalue weighted by Gasteiger charge is 2.18. The monoisotopic (exact) mass is 390 g/mol. The van der Waals surface area contributed by atoms with Crippen LogP contribution >= 0.6 is 23.4 Å². The number of halogens is 1. The number of aryl methyl sites for hydroxylation is 1. The van der Waals surface area contributed by atoms with Crippen LogP contribution in [0.2, 0.25) is 5.02 Å². The molecule has 1 aliphatic rings. The summed E-state index contributed by atoms with van der Waals surface area (Å²) >= 11 is 7.56.